The molecule has 0 spiro atoms. The van der Waals surface area contributed by atoms with E-state index in [2.05, 4.69) is 49.1 Å². The molecule has 1 aliphatic carbocycles. The van der Waals surface area contributed by atoms with Crippen LogP contribution in [0.25, 0.3) is 5.57 Å². The lowest BCUT2D eigenvalue weighted by Gasteiger charge is -2.26. The zero-order valence-corrected chi connectivity index (χ0v) is 12.6. The van der Waals surface area contributed by atoms with E-state index in [-0.39, 0.29) is 0 Å². The maximum Gasteiger partial charge on any atom is -0.0155 e. The molecular formula is C16H23P. The van der Waals surface area contributed by atoms with E-state index in [1.165, 1.54) is 29.3 Å². The zero-order valence-electron chi connectivity index (χ0n) is 11.4. The highest BCUT2D eigenvalue weighted by Crippen LogP contribution is 2.40. The van der Waals surface area contributed by atoms with E-state index < -0.39 is 0 Å². The van der Waals surface area contributed by atoms with E-state index in [0.717, 1.165) is 6.42 Å². The van der Waals surface area contributed by atoms with Crippen molar-refractivity contribution in [1.82, 2.24) is 0 Å². The van der Waals surface area contributed by atoms with Gasteiger partial charge in [-0.25, -0.2) is 0 Å². The van der Waals surface area contributed by atoms with E-state index in [1.807, 2.05) is 0 Å². The lowest BCUT2D eigenvalue weighted by atomic mass is 9.81. The Morgan fingerprint density at radius 3 is 2.53 bits per heavy atom. The summed E-state index contributed by atoms with van der Waals surface area (Å²) >= 11 is 0. The molecular weight excluding hydrogens is 223 g/mol. The van der Waals surface area contributed by atoms with E-state index in [9.17, 15) is 0 Å². The van der Waals surface area contributed by atoms with Gasteiger partial charge in [-0.2, -0.15) is 0 Å². The van der Waals surface area contributed by atoms with Crippen molar-refractivity contribution in [3.63, 3.8) is 0 Å². The van der Waals surface area contributed by atoms with Crippen molar-refractivity contribution in [2.24, 2.45) is 0 Å². The largest absolute Gasteiger partial charge is 0.110 e. The molecule has 1 unspecified atom stereocenters. The molecule has 0 amide bonds. The van der Waals surface area contributed by atoms with Gasteiger partial charge in [0.1, 0.15) is 0 Å². The predicted molar refractivity (Wildman–Crippen MR) is 80.5 cm³/mol. The molecule has 1 heteroatoms. The van der Waals surface area contributed by atoms with Crippen molar-refractivity contribution in [3.8, 4) is 0 Å². The maximum absolute atomic E-state index is 2.96. The molecule has 1 atom stereocenters. The van der Waals surface area contributed by atoms with Crippen LogP contribution in [0.5, 0.6) is 0 Å². The highest BCUT2D eigenvalue weighted by Gasteiger charge is 2.20. The SMILES string of the molecule is CCC1=C(P)CCc2cc(C)cc(C(C)C)c21. The number of allylic oxidation sites excluding steroid dienone is 2. The molecule has 0 N–H and O–H groups in total. The van der Waals surface area contributed by atoms with Gasteiger partial charge in [-0.15, -0.1) is 9.24 Å². The predicted octanol–water partition coefficient (Wildman–Crippen LogP) is 5.06. The first-order valence-electron chi connectivity index (χ1n) is 6.65. The molecule has 0 fully saturated rings. The van der Waals surface area contributed by atoms with Crippen LogP contribution in [0.15, 0.2) is 17.4 Å². The Hall–Kier alpha value is -0.610. The highest BCUT2D eigenvalue weighted by molar-refractivity contribution is 7.23. The van der Waals surface area contributed by atoms with Gasteiger partial charge in [0.05, 0.1) is 0 Å². The lowest BCUT2D eigenvalue weighted by Crippen LogP contribution is -2.08. The fraction of sp³-hybridized carbons (Fsp3) is 0.500. The Kier molecular flexibility index (Phi) is 3.73. The molecule has 1 aromatic carbocycles. The first kappa shape index (κ1) is 12.8. The third-order valence-corrected chi connectivity index (χ3v) is 4.36. The Balaban J connectivity index is 2.69. The average Bonchev–Trinajstić information content (AvgIpc) is 2.28. The monoisotopic (exact) mass is 246 g/mol. The van der Waals surface area contributed by atoms with Crippen LogP contribution in [0, 0.1) is 6.92 Å². The zero-order chi connectivity index (χ0) is 12.6. The molecule has 0 saturated carbocycles. The number of aryl methyl sites for hydroxylation is 2. The van der Waals surface area contributed by atoms with Crippen LogP contribution < -0.4 is 0 Å². The Morgan fingerprint density at radius 1 is 1.24 bits per heavy atom. The molecule has 92 valence electrons. The van der Waals surface area contributed by atoms with Crippen LogP contribution in [0.1, 0.15) is 61.8 Å². The van der Waals surface area contributed by atoms with Crippen molar-refractivity contribution in [1.29, 1.82) is 0 Å². The van der Waals surface area contributed by atoms with E-state index >= 15 is 0 Å². The summed E-state index contributed by atoms with van der Waals surface area (Å²) in [6, 6.07) is 4.76. The smallest absolute Gasteiger partial charge is 0.0155 e. The number of rotatable bonds is 2. The number of benzene rings is 1. The van der Waals surface area contributed by atoms with Gasteiger partial charge in [0.25, 0.3) is 0 Å². The molecule has 2 rings (SSSR count). The fourth-order valence-corrected chi connectivity index (χ4v) is 3.39. The van der Waals surface area contributed by atoms with Crippen molar-refractivity contribution >= 4 is 14.8 Å². The molecule has 0 aromatic heterocycles. The van der Waals surface area contributed by atoms with Gasteiger partial charge < -0.3 is 0 Å². The molecule has 0 aliphatic heterocycles. The van der Waals surface area contributed by atoms with Gasteiger partial charge in [-0.05, 0) is 59.7 Å². The van der Waals surface area contributed by atoms with Gasteiger partial charge in [0.2, 0.25) is 0 Å². The van der Waals surface area contributed by atoms with Gasteiger partial charge in [0, 0.05) is 0 Å². The minimum atomic E-state index is 0.612. The summed E-state index contributed by atoms with van der Waals surface area (Å²) in [6.07, 6.45) is 3.56. The number of hydrogen-bond acceptors (Lipinski definition) is 0. The van der Waals surface area contributed by atoms with Crippen LogP contribution in [-0.4, -0.2) is 0 Å². The summed E-state index contributed by atoms with van der Waals surface area (Å²) in [5, 5.41) is 1.52. The summed E-state index contributed by atoms with van der Waals surface area (Å²) in [7, 11) is 2.96. The van der Waals surface area contributed by atoms with E-state index in [0.29, 0.717) is 5.92 Å². The van der Waals surface area contributed by atoms with E-state index in [4.69, 9.17) is 0 Å². The average molecular weight is 246 g/mol. The molecule has 0 radical (unpaired) electrons. The molecule has 1 aromatic rings. The van der Waals surface area contributed by atoms with Crippen LogP contribution in [-0.2, 0) is 6.42 Å². The highest BCUT2D eigenvalue weighted by atomic mass is 31.0. The Morgan fingerprint density at radius 2 is 1.94 bits per heavy atom. The molecule has 17 heavy (non-hydrogen) atoms. The number of fused-ring (bicyclic) bond motifs is 1. The second-order valence-electron chi connectivity index (χ2n) is 5.40. The minimum absolute atomic E-state index is 0.612. The third kappa shape index (κ3) is 2.33. The van der Waals surface area contributed by atoms with Gasteiger partial charge in [0.15, 0.2) is 0 Å². The number of hydrogen-bond donors (Lipinski definition) is 0. The summed E-state index contributed by atoms with van der Waals surface area (Å²) in [6.45, 7) is 9.11. The minimum Gasteiger partial charge on any atom is -0.110 e. The second-order valence-corrected chi connectivity index (χ2v) is 6.10. The van der Waals surface area contributed by atoms with Gasteiger partial charge in [-0.1, -0.05) is 38.5 Å². The second kappa shape index (κ2) is 4.94. The third-order valence-electron chi connectivity index (χ3n) is 3.72. The first-order valence-corrected chi connectivity index (χ1v) is 7.23. The van der Waals surface area contributed by atoms with Crippen molar-refractivity contribution in [2.75, 3.05) is 0 Å². The van der Waals surface area contributed by atoms with Gasteiger partial charge >= 0.3 is 0 Å². The molecule has 1 aliphatic rings. The molecule has 0 heterocycles. The maximum atomic E-state index is 2.96. The molecule has 0 nitrogen and oxygen atoms in total. The fourth-order valence-electron chi connectivity index (χ4n) is 2.90. The topological polar surface area (TPSA) is 0 Å². The standard InChI is InChI=1S/C16H23P/c1-5-13-15(17)7-6-12-8-11(4)9-14(10(2)3)16(12)13/h8-10H,5-7,17H2,1-4H3. The van der Waals surface area contributed by atoms with Crippen LogP contribution in [0.2, 0.25) is 0 Å². The normalized spacial score (nSPS) is 15.4. The molecule has 0 bridgehead atoms. The quantitative estimate of drug-likeness (QED) is 0.640. The summed E-state index contributed by atoms with van der Waals surface area (Å²) in [5.74, 6) is 0.612. The van der Waals surface area contributed by atoms with Crippen molar-refractivity contribution < 1.29 is 0 Å². The Labute approximate surface area is 108 Å². The summed E-state index contributed by atoms with van der Waals surface area (Å²) < 4.78 is 0. The van der Waals surface area contributed by atoms with Crippen molar-refractivity contribution in [3.05, 3.63) is 39.7 Å². The van der Waals surface area contributed by atoms with Crippen LogP contribution in [0.4, 0.5) is 0 Å². The van der Waals surface area contributed by atoms with Crippen LogP contribution in [0.3, 0.4) is 0 Å². The van der Waals surface area contributed by atoms with Gasteiger partial charge in [-0.3, -0.25) is 0 Å². The Bertz CT molecular complexity index is 467. The van der Waals surface area contributed by atoms with Crippen molar-refractivity contribution in [2.45, 2.75) is 52.9 Å². The summed E-state index contributed by atoms with van der Waals surface area (Å²) in [5.41, 5.74) is 7.65. The van der Waals surface area contributed by atoms with E-state index in [1.54, 1.807) is 16.7 Å². The summed E-state index contributed by atoms with van der Waals surface area (Å²) in [4.78, 5) is 0. The first-order chi connectivity index (χ1) is 8.04. The van der Waals surface area contributed by atoms with Crippen LogP contribution >= 0.6 is 9.24 Å². The lowest BCUT2D eigenvalue weighted by molar-refractivity contribution is 0.841. The molecule has 0 saturated heterocycles.